The summed E-state index contributed by atoms with van der Waals surface area (Å²) in [5.41, 5.74) is 7.94. The van der Waals surface area contributed by atoms with Crippen molar-refractivity contribution in [3.8, 4) is 23.6 Å². The Hall–Kier alpha value is -4.32. The molecule has 1 saturated carbocycles. The van der Waals surface area contributed by atoms with Crippen molar-refractivity contribution in [2.24, 2.45) is 11.3 Å². The Morgan fingerprint density at radius 3 is 2.58 bits per heavy atom. The summed E-state index contributed by atoms with van der Waals surface area (Å²) in [4.78, 5) is 21.2. The summed E-state index contributed by atoms with van der Waals surface area (Å²) < 4.78 is 41.6. The predicted octanol–water partition coefficient (Wildman–Crippen LogP) is 6.76. The fourth-order valence-electron chi connectivity index (χ4n) is 5.91. The molecule has 0 spiro atoms. The Morgan fingerprint density at radius 1 is 1.23 bits per heavy atom. The molecule has 3 N–H and O–H groups in total. The summed E-state index contributed by atoms with van der Waals surface area (Å²) in [6, 6.07) is 12.9. The number of rotatable bonds is 5. The van der Waals surface area contributed by atoms with Crippen molar-refractivity contribution >= 4 is 17.3 Å². The number of terminal acetylenes is 1. The van der Waals surface area contributed by atoms with Gasteiger partial charge in [0.1, 0.15) is 28.3 Å². The van der Waals surface area contributed by atoms with Gasteiger partial charge in [-0.05, 0) is 42.4 Å². The van der Waals surface area contributed by atoms with Gasteiger partial charge >= 0.3 is 12.1 Å². The number of fused-ring (bicyclic) bond motifs is 1. The number of nitrogen functional groups attached to an aromatic ring is 1. The Balaban J connectivity index is 1.49. The molecular weight excluding hydrogens is 517 g/mol. The van der Waals surface area contributed by atoms with Crippen molar-refractivity contribution in [1.29, 1.82) is 0 Å². The molecule has 2 heterocycles. The Morgan fingerprint density at radius 2 is 1.95 bits per heavy atom. The van der Waals surface area contributed by atoms with E-state index in [2.05, 4.69) is 10.9 Å². The van der Waals surface area contributed by atoms with Gasteiger partial charge < -0.3 is 10.8 Å². The van der Waals surface area contributed by atoms with Gasteiger partial charge in [0.15, 0.2) is 0 Å². The predicted molar refractivity (Wildman–Crippen MR) is 146 cm³/mol. The van der Waals surface area contributed by atoms with Crippen LogP contribution in [0.25, 0.3) is 16.8 Å². The molecule has 5 rings (SSSR count). The van der Waals surface area contributed by atoms with Gasteiger partial charge in [0.25, 0.3) is 0 Å². The van der Waals surface area contributed by atoms with Crippen LogP contribution in [0.15, 0.2) is 60.9 Å². The second-order valence-corrected chi connectivity index (χ2v) is 10.6. The summed E-state index contributed by atoms with van der Waals surface area (Å²) in [5.74, 6) is 2.11. The van der Waals surface area contributed by atoms with Crippen LogP contribution in [0.2, 0.25) is 0 Å². The lowest BCUT2D eigenvalue weighted by atomic mass is 9.64. The highest BCUT2D eigenvalue weighted by Crippen LogP contribution is 2.47. The lowest BCUT2D eigenvalue weighted by Crippen LogP contribution is -2.40. The van der Waals surface area contributed by atoms with Crippen LogP contribution in [0.4, 0.5) is 19.0 Å². The maximum atomic E-state index is 13.2. The third-order valence-corrected chi connectivity index (χ3v) is 8.38. The van der Waals surface area contributed by atoms with Crippen LogP contribution in [0.5, 0.6) is 0 Å². The van der Waals surface area contributed by atoms with Crippen LogP contribution in [0, 0.1) is 23.7 Å². The average molecular weight is 547 g/mol. The molecule has 0 bridgehead atoms. The van der Waals surface area contributed by atoms with E-state index in [1.165, 1.54) is 12.1 Å². The number of nitrogens with zero attached hydrogens (tertiary/aromatic N) is 3. The number of carbonyl (C=O) groups is 1. The third kappa shape index (κ3) is 4.57. The minimum Gasteiger partial charge on any atom is -0.480 e. The quantitative estimate of drug-likeness (QED) is 0.270. The number of alkyl halides is 3. The van der Waals surface area contributed by atoms with Crippen LogP contribution in [0.3, 0.4) is 0 Å². The Kier molecular flexibility index (Phi) is 6.82. The molecule has 1 aliphatic carbocycles. The zero-order valence-corrected chi connectivity index (χ0v) is 22.1. The largest absolute Gasteiger partial charge is 0.480 e. The number of halogens is 3. The number of imidazole rings is 1. The second-order valence-electron chi connectivity index (χ2n) is 10.6. The highest BCUT2D eigenvalue weighted by atomic mass is 19.4. The lowest BCUT2D eigenvalue weighted by molar-refractivity contribution is -0.150. The number of aliphatic carboxylic acids is 1. The number of aromatic nitrogens is 3. The number of carboxylic acid groups (broad SMARTS) is 1. The molecule has 0 aliphatic heterocycles. The minimum absolute atomic E-state index is 0.0286. The van der Waals surface area contributed by atoms with Crippen molar-refractivity contribution in [1.82, 2.24) is 14.4 Å². The summed E-state index contributed by atoms with van der Waals surface area (Å²) in [6.07, 6.45) is 6.14. The normalized spacial score (nSPS) is 22.1. The summed E-state index contributed by atoms with van der Waals surface area (Å²) in [7, 11) is 0. The van der Waals surface area contributed by atoms with Gasteiger partial charge in [-0.3, -0.25) is 9.20 Å². The molecule has 1 fully saturated rings. The SMILES string of the molecule is C#C[C@@]1(C(=O)O)CC[C@H](c2nc(-c3ccc([C@H](C)c4cccc(C(F)(F)F)c4)cc3)c3c(N)nccn23)C[C@H]1C. The van der Waals surface area contributed by atoms with E-state index in [1.807, 2.05) is 42.5 Å². The molecule has 0 unspecified atom stereocenters. The van der Waals surface area contributed by atoms with Crippen molar-refractivity contribution in [2.45, 2.75) is 51.1 Å². The van der Waals surface area contributed by atoms with E-state index in [0.717, 1.165) is 23.0 Å². The van der Waals surface area contributed by atoms with Gasteiger partial charge in [0.05, 0.1) is 5.56 Å². The summed E-state index contributed by atoms with van der Waals surface area (Å²) in [5, 5.41) is 9.82. The van der Waals surface area contributed by atoms with Gasteiger partial charge in [-0.15, -0.1) is 6.42 Å². The van der Waals surface area contributed by atoms with Gasteiger partial charge in [0.2, 0.25) is 0 Å². The number of hydrogen-bond acceptors (Lipinski definition) is 4. The summed E-state index contributed by atoms with van der Waals surface area (Å²) >= 11 is 0. The van der Waals surface area contributed by atoms with E-state index in [1.54, 1.807) is 18.5 Å². The van der Waals surface area contributed by atoms with E-state index in [9.17, 15) is 23.1 Å². The average Bonchev–Trinajstić information content (AvgIpc) is 3.33. The Labute approximate surface area is 230 Å². The second kappa shape index (κ2) is 10.0. The molecule has 40 heavy (non-hydrogen) atoms. The number of anilines is 1. The van der Waals surface area contributed by atoms with Crippen LogP contribution in [-0.4, -0.2) is 25.4 Å². The number of carboxylic acids is 1. The van der Waals surface area contributed by atoms with E-state index in [-0.39, 0.29) is 17.8 Å². The Bertz CT molecular complexity index is 1620. The molecule has 1 aliphatic rings. The number of benzene rings is 2. The first kappa shape index (κ1) is 27.3. The fraction of sp³-hybridized carbons (Fsp3) is 0.323. The standard InChI is InChI=1S/C31H29F3N4O2/c1-4-30(29(39)40)13-12-23(16-18(30)2)28-37-25(26-27(35)36-14-15-38(26)28)21-10-8-20(9-11-21)19(3)22-6-5-7-24(17-22)31(32,33)34/h1,5-11,14-15,17-19,23H,12-13,16H2,2-3H3,(H2,35,36)(H,39,40)/t18-,19+,23+,30-/m1/s1. The van der Waals surface area contributed by atoms with Gasteiger partial charge in [0, 0.05) is 29.8 Å². The van der Waals surface area contributed by atoms with Crippen molar-refractivity contribution in [3.63, 3.8) is 0 Å². The maximum Gasteiger partial charge on any atom is 0.416 e. The van der Waals surface area contributed by atoms with Crippen LogP contribution >= 0.6 is 0 Å². The molecule has 0 saturated heterocycles. The van der Waals surface area contributed by atoms with Crippen molar-refractivity contribution in [2.75, 3.05) is 5.73 Å². The first-order chi connectivity index (χ1) is 19.0. The van der Waals surface area contributed by atoms with Gasteiger partial charge in [-0.1, -0.05) is 62.2 Å². The molecule has 0 amide bonds. The topological polar surface area (TPSA) is 93.5 Å². The fourth-order valence-corrected chi connectivity index (χ4v) is 5.91. The highest BCUT2D eigenvalue weighted by molar-refractivity contribution is 5.85. The summed E-state index contributed by atoms with van der Waals surface area (Å²) in [6.45, 7) is 3.74. The molecule has 4 aromatic rings. The van der Waals surface area contributed by atoms with Crippen LogP contribution in [-0.2, 0) is 11.0 Å². The van der Waals surface area contributed by atoms with Crippen molar-refractivity contribution < 1.29 is 23.1 Å². The molecule has 9 heteroatoms. The molecule has 206 valence electrons. The zero-order chi connectivity index (χ0) is 28.8. The lowest BCUT2D eigenvalue weighted by Gasteiger charge is -2.38. The minimum atomic E-state index is -4.40. The molecule has 4 atom stereocenters. The monoisotopic (exact) mass is 546 g/mol. The molecule has 2 aromatic carbocycles. The van der Waals surface area contributed by atoms with Gasteiger partial charge in [-0.25, -0.2) is 9.97 Å². The van der Waals surface area contributed by atoms with Crippen LogP contribution in [0.1, 0.15) is 67.5 Å². The molecule has 6 nitrogen and oxygen atoms in total. The highest BCUT2D eigenvalue weighted by Gasteiger charge is 2.47. The maximum absolute atomic E-state index is 13.2. The number of nitrogens with two attached hydrogens (primary N) is 1. The zero-order valence-electron chi connectivity index (χ0n) is 22.1. The molecule has 2 aromatic heterocycles. The van der Waals surface area contributed by atoms with E-state index < -0.39 is 23.1 Å². The molecule has 0 radical (unpaired) electrons. The van der Waals surface area contributed by atoms with E-state index in [0.29, 0.717) is 41.9 Å². The van der Waals surface area contributed by atoms with Gasteiger partial charge in [-0.2, -0.15) is 13.2 Å². The van der Waals surface area contributed by atoms with E-state index >= 15 is 0 Å². The molecular formula is C31H29F3N4O2. The smallest absolute Gasteiger partial charge is 0.416 e. The first-order valence-electron chi connectivity index (χ1n) is 13.1. The van der Waals surface area contributed by atoms with E-state index in [4.69, 9.17) is 17.1 Å². The third-order valence-electron chi connectivity index (χ3n) is 8.38. The van der Waals surface area contributed by atoms with Crippen LogP contribution < -0.4 is 5.73 Å². The first-order valence-corrected chi connectivity index (χ1v) is 13.1. The number of hydrogen-bond donors (Lipinski definition) is 2. The van der Waals surface area contributed by atoms with Crippen molar-refractivity contribution in [3.05, 3.63) is 83.4 Å².